The van der Waals surface area contributed by atoms with Crippen LogP contribution in [0, 0.1) is 6.92 Å². The molecular formula is C24H29N3O5. The van der Waals surface area contributed by atoms with Crippen LogP contribution in [0.5, 0.6) is 0 Å². The molecule has 3 aromatic rings. The topological polar surface area (TPSA) is 135 Å². The first kappa shape index (κ1) is 24.8. The lowest BCUT2D eigenvalue weighted by atomic mass is 10.1. The highest BCUT2D eigenvalue weighted by Gasteiger charge is 2.07. The van der Waals surface area contributed by atoms with Gasteiger partial charge in [0.1, 0.15) is 6.10 Å². The first-order valence-electron chi connectivity index (χ1n) is 10.2. The summed E-state index contributed by atoms with van der Waals surface area (Å²) in [7, 11) is 0. The maximum atomic E-state index is 11.0. The number of carbonyl (C=O) groups excluding carboxylic acids is 1. The molecule has 0 aliphatic carbocycles. The first-order valence-corrected chi connectivity index (χ1v) is 10.2. The number of hydroxylamine groups is 1. The number of aryl methyl sites for hydroxylation is 1. The van der Waals surface area contributed by atoms with Gasteiger partial charge in [-0.05, 0) is 55.6 Å². The minimum atomic E-state index is -1.23. The van der Waals surface area contributed by atoms with Gasteiger partial charge in [0.2, 0.25) is 0 Å². The Labute approximate surface area is 186 Å². The summed E-state index contributed by atoms with van der Waals surface area (Å²) in [5, 5.41) is 29.0. The summed E-state index contributed by atoms with van der Waals surface area (Å²) in [6.07, 6.45) is 2.69. The molecule has 2 aromatic carbocycles. The van der Waals surface area contributed by atoms with Crippen molar-refractivity contribution >= 4 is 28.9 Å². The average molecular weight is 440 g/mol. The van der Waals surface area contributed by atoms with Crippen molar-refractivity contribution in [3.63, 3.8) is 0 Å². The zero-order valence-corrected chi connectivity index (χ0v) is 18.1. The zero-order chi connectivity index (χ0) is 23.5. The maximum Gasteiger partial charge on any atom is 0.332 e. The number of carbonyl (C=O) groups is 2. The minimum Gasteiger partial charge on any atom is -0.479 e. The lowest BCUT2D eigenvalue weighted by Gasteiger charge is -2.06. The van der Waals surface area contributed by atoms with Gasteiger partial charge in [-0.1, -0.05) is 42.5 Å². The summed E-state index contributed by atoms with van der Waals surface area (Å²) in [6, 6.07) is 16.4. The van der Waals surface area contributed by atoms with Gasteiger partial charge in [0, 0.05) is 29.2 Å². The molecule has 32 heavy (non-hydrogen) atoms. The van der Waals surface area contributed by atoms with Crippen molar-refractivity contribution in [3.05, 3.63) is 77.0 Å². The van der Waals surface area contributed by atoms with Crippen molar-refractivity contribution < 1.29 is 25.0 Å². The molecule has 0 radical (unpaired) electrons. The number of carboxylic acid groups (broad SMARTS) is 1. The first-order chi connectivity index (χ1) is 15.3. The van der Waals surface area contributed by atoms with Gasteiger partial charge in [0.05, 0.1) is 0 Å². The Kier molecular flexibility index (Phi) is 9.62. The Hall–Kier alpha value is -3.46. The van der Waals surface area contributed by atoms with Crippen molar-refractivity contribution in [1.29, 1.82) is 0 Å². The van der Waals surface area contributed by atoms with Crippen molar-refractivity contribution in [1.82, 2.24) is 15.8 Å². The van der Waals surface area contributed by atoms with Gasteiger partial charge in [-0.15, -0.1) is 0 Å². The molecule has 170 valence electrons. The van der Waals surface area contributed by atoms with Crippen LogP contribution in [0.25, 0.3) is 17.0 Å². The second kappa shape index (κ2) is 12.4. The van der Waals surface area contributed by atoms with E-state index in [1.165, 1.54) is 40.7 Å². The lowest BCUT2D eigenvalue weighted by molar-refractivity contribution is -0.145. The number of H-pyrrole nitrogens is 1. The number of aliphatic hydroxyl groups excluding tert-OH is 1. The number of nitrogens with one attached hydrogen (secondary N) is 3. The molecule has 0 saturated heterocycles. The van der Waals surface area contributed by atoms with Crippen molar-refractivity contribution in [2.75, 3.05) is 6.54 Å². The number of aliphatic carboxylic acids is 1. The fourth-order valence-electron chi connectivity index (χ4n) is 3.06. The van der Waals surface area contributed by atoms with Crippen LogP contribution >= 0.6 is 0 Å². The summed E-state index contributed by atoms with van der Waals surface area (Å²) in [5.74, 6) is -1.72. The summed E-state index contributed by atoms with van der Waals surface area (Å²) in [5.41, 5.74) is 7.46. The Morgan fingerprint density at radius 3 is 2.41 bits per heavy atom. The molecule has 1 amide bonds. The quantitative estimate of drug-likeness (QED) is 0.138. The number of aromatic nitrogens is 1. The molecule has 8 nitrogen and oxygen atoms in total. The molecule has 3 rings (SSSR count). The van der Waals surface area contributed by atoms with Gasteiger partial charge >= 0.3 is 5.97 Å². The van der Waals surface area contributed by atoms with Crippen LogP contribution in [-0.2, 0) is 22.6 Å². The third-order valence-electron chi connectivity index (χ3n) is 4.78. The summed E-state index contributed by atoms with van der Waals surface area (Å²) in [4.78, 5) is 23.9. The van der Waals surface area contributed by atoms with Crippen LogP contribution in [0.4, 0.5) is 0 Å². The Morgan fingerprint density at radius 2 is 1.78 bits per heavy atom. The number of rotatable bonds is 8. The molecule has 0 saturated carbocycles. The van der Waals surface area contributed by atoms with E-state index in [0.29, 0.717) is 0 Å². The zero-order valence-electron chi connectivity index (χ0n) is 18.1. The molecule has 0 unspecified atom stereocenters. The van der Waals surface area contributed by atoms with Crippen LogP contribution in [0.3, 0.4) is 0 Å². The van der Waals surface area contributed by atoms with Crippen LogP contribution in [0.1, 0.15) is 29.3 Å². The predicted octanol–water partition coefficient (Wildman–Crippen LogP) is 2.78. The largest absolute Gasteiger partial charge is 0.479 e. The molecule has 0 aliphatic heterocycles. The van der Waals surface area contributed by atoms with E-state index in [1.807, 2.05) is 24.3 Å². The highest BCUT2D eigenvalue weighted by molar-refractivity contribution is 5.90. The summed E-state index contributed by atoms with van der Waals surface area (Å²) in [6.45, 7) is 5.02. The number of aliphatic hydroxyl groups is 1. The molecular weight excluding hydrogens is 410 g/mol. The monoisotopic (exact) mass is 439 g/mol. The summed E-state index contributed by atoms with van der Waals surface area (Å²) < 4.78 is 0. The van der Waals surface area contributed by atoms with Crippen LogP contribution in [0.2, 0.25) is 0 Å². The van der Waals surface area contributed by atoms with E-state index in [2.05, 4.69) is 41.5 Å². The van der Waals surface area contributed by atoms with Gasteiger partial charge in [-0.3, -0.25) is 10.0 Å². The highest BCUT2D eigenvalue weighted by atomic mass is 16.5. The Morgan fingerprint density at radius 1 is 1.12 bits per heavy atom. The van der Waals surface area contributed by atoms with E-state index < -0.39 is 18.0 Å². The third-order valence-corrected chi connectivity index (χ3v) is 4.78. The number of aromatic amines is 1. The van der Waals surface area contributed by atoms with E-state index >= 15 is 0 Å². The molecule has 0 fully saturated rings. The molecule has 1 aromatic heterocycles. The fraction of sp³-hybridized carbons (Fsp3) is 0.250. The normalized spacial score (nSPS) is 11.8. The van der Waals surface area contributed by atoms with Crippen LogP contribution < -0.4 is 10.8 Å². The molecule has 6 N–H and O–H groups in total. The van der Waals surface area contributed by atoms with Crippen LogP contribution in [0.15, 0.2) is 54.6 Å². The summed E-state index contributed by atoms with van der Waals surface area (Å²) >= 11 is 0. The number of amides is 1. The van der Waals surface area contributed by atoms with Gasteiger partial charge in [0.25, 0.3) is 5.91 Å². The highest BCUT2D eigenvalue weighted by Crippen LogP contribution is 2.21. The number of hydrogen-bond donors (Lipinski definition) is 6. The second-order valence-electron chi connectivity index (χ2n) is 7.27. The van der Waals surface area contributed by atoms with Gasteiger partial charge in [-0.25, -0.2) is 10.3 Å². The van der Waals surface area contributed by atoms with Gasteiger partial charge in [-0.2, -0.15) is 0 Å². The average Bonchev–Trinajstić information content (AvgIpc) is 3.11. The minimum absolute atomic E-state index is 0.539. The molecule has 1 heterocycles. The second-order valence-corrected chi connectivity index (χ2v) is 7.27. The third kappa shape index (κ3) is 7.66. The molecule has 8 heteroatoms. The van der Waals surface area contributed by atoms with Gasteiger partial charge < -0.3 is 20.5 Å². The molecule has 0 spiro atoms. The van der Waals surface area contributed by atoms with Crippen LogP contribution in [-0.4, -0.2) is 44.9 Å². The van der Waals surface area contributed by atoms with Crippen molar-refractivity contribution in [2.45, 2.75) is 32.9 Å². The molecule has 0 aliphatic rings. The smallest absolute Gasteiger partial charge is 0.332 e. The van der Waals surface area contributed by atoms with E-state index in [-0.39, 0.29) is 0 Å². The predicted molar refractivity (Wildman–Crippen MR) is 123 cm³/mol. The SMILES string of the molecule is C[C@H](O)C(=O)O.Cc1[nH]c2ccccc2c1CCNCc1ccc(/C=C/C(=O)NO)cc1. The number of para-hydroxylation sites is 1. The standard InChI is InChI=1S/C21H23N3O2.C3H6O3/c1-15-18(19-4-2-3-5-20(19)23-15)12-13-22-14-17-8-6-16(7-9-17)10-11-21(25)24-26;1-2(4)3(5)6/h2-11,22-23,26H,12-14H2,1H3,(H,24,25);2,4H,1H3,(H,5,6)/b11-10+;/t;2-/m.0/s1. The maximum absolute atomic E-state index is 11.0. The van der Waals surface area contributed by atoms with E-state index in [1.54, 1.807) is 11.6 Å². The van der Waals surface area contributed by atoms with Crippen molar-refractivity contribution in [3.8, 4) is 0 Å². The van der Waals surface area contributed by atoms with E-state index in [4.69, 9.17) is 15.4 Å². The van der Waals surface area contributed by atoms with Gasteiger partial charge in [0.15, 0.2) is 0 Å². The number of benzene rings is 2. The fourth-order valence-corrected chi connectivity index (χ4v) is 3.06. The molecule has 1 atom stereocenters. The Balaban J connectivity index is 0.000000534. The van der Waals surface area contributed by atoms with E-state index in [9.17, 15) is 9.59 Å². The molecule has 0 bridgehead atoms. The number of carboxylic acids is 1. The Bertz CT molecular complexity index is 1060. The van der Waals surface area contributed by atoms with E-state index in [0.717, 1.165) is 25.1 Å². The lowest BCUT2D eigenvalue weighted by Crippen LogP contribution is -2.16. The number of fused-ring (bicyclic) bond motifs is 1. The van der Waals surface area contributed by atoms with Crippen molar-refractivity contribution in [2.24, 2.45) is 0 Å². The number of hydrogen-bond acceptors (Lipinski definition) is 5.